The molecule has 2 heterocycles. The number of para-hydroxylation sites is 1. The molecule has 142 valence electrons. The van der Waals surface area contributed by atoms with E-state index in [1.807, 2.05) is 23.1 Å². The molecule has 0 aliphatic carbocycles. The largest absolute Gasteiger partial charge is 0.497 e. The minimum atomic E-state index is 0.212. The molecule has 2 aliphatic rings. The number of benzene rings is 2. The van der Waals surface area contributed by atoms with Crippen LogP contribution < -0.4 is 9.64 Å². The van der Waals surface area contributed by atoms with Gasteiger partial charge in [0.25, 0.3) is 0 Å². The lowest BCUT2D eigenvalue weighted by molar-refractivity contribution is -0.120. The molecule has 4 rings (SSSR count). The zero-order valence-corrected chi connectivity index (χ0v) is 16.2. The Balaban J connectivity index is 1.53. The Kier molecular flexibility index (Phi) is 5.17. The molecule has 4 heteroatoms. The molecule has 2 unspecified atom stereocenters. The lowest BCUT2D eigenvalue weighted by Crippen LogP contribution is -2.47. The van der Waals surface area contributed by atoms with Crippen molar-refractivity contribution in [2.45, 2.75) is 44.7 Å². The van der Waals surface area contributed by atoms with Crippen LogP contribution in [0.5, 0.6) is 5.75 Å². The van der Waals surface area contributed by atoms with Crippen molar-refractivity contribution in [1.29, 1.82) is 0 Å². The lowest BCUT2D eigenvalue weighted by Gasteiger charge is -2.37. The zero-order chi connectivity index (χ0) is 18.8. The number of amides is 1. The van der Waals surface area contributed by atoms with Gasteiger partial charge >= 0.3 is 0 Å². The number of anilines is 1. The smallest absolute Gasteiger partial charge is 0.241 e. The molecule has 2 atom stereocenters. The van der Waals surface area contributed by atoms with Gasteiger partial charge in [0, 0.05) is 17.8 Å². The second kappa shape index (κ2) is 7.73. The summed E-state index contributed by atoms with van der Waals surface area (Å²) in [5, 5.41) is 0. The fourth-order valence-electron chi connectivity index (χ4n) is 4.56. The lowest BCUT2D eigenvalue weighted by atomic mass is 9.96. The van der Waals surface area contributed by atoms with Crippen LogP contribution in [0.15, 0.2) is 48.5 Å². The number of aryl methyl sites for hydroxylation is 1. The van der Waals surface area contributed by atoms with E-state index in [0.717, 1.165) is 43.7 Å². The van der Waals surface area contributed by atoms with Crippen molar-refractivity contribution < 1.29 is 9.53 Å². The predicted molar refractivity (Wildman–Crippen MR) is 108 cm³/mol. The Morgan fingerprint density at radius 3 is 2.85 bits per heavy atom. The number of rotatable bonds is 4. The number of carbonyl (C=O) groups excluding carboxylic acids is 1. The summed E-state index contributed by atoms with van der Waals surface area (Å²) in [7, 11) is 1.70. The van der Waals surface area contributed by atoms with E-state index in [4.69, 9.17) is 4.74 Å². The Morgan fingerprint density at radius 2 is 2.00 bits per heavy atom. The van der Waals surface area contributed by atoms with E-state index in [1.54, 1.807) is 7.11 Å². The van der Waals surface area contributed by atoms with Gasteiger partial charge in [-0.2, -0.15) is 0 Å². The maximum Gasteiger partial charge on any atom is 0.241 e. The molecule has 27 heavy (non-hydrogen) atoms. The summed E-state index contributed by atoms with van der Waals surface area (Å²) in [6.07, 6.45) is 4.30. The van der Waals surface area contributed by atoms with Gasteiger partial charge in [0.05, 0.1) is 13.7 Å². The number of methoxy groups -OCH3 is 1. The van der Waals surface area contributed by atoms with E-state index in [1.165, 1.54) is 11.1 Å². The third kappa shape index (κ3) is 3.59. The van der Waals surface area contributed by atoms with Crippen molar-refractivity contribution in [2.24, 2.45) is 0 Å². The Bertz CT molecular complexity index is 820. The quantitative estimate of drug-likeness (QED) is 0.815. The summed E-state index contributed by atoms with van der Waals surface area (Å²) in [5.41, 5.74) is 3.62. The van der Waals surface area contributed by atoms with Crippen molar-refractivity contribution in [3.8, 4) is 5.75 Å². The van der Waals surface area contributed by atoms with Crippen LogP contribution in [0.4, 0.5) is 5.69 Å². The highest BCUT2D eigenvalue weighted by atomic mass is 16.5. The number of fused-ring (bicyclic) bond motifs is 1. The molecule has 1 fully saturated rings. The predicted octanol–water partition coefficient (Wildman–Crippen LogP) is 4.20. The third-order valence-electron chi connectivity index (χ3n) is 5.97. The first-order chi connectivity index (χ1) is 13.2. The molecule has 0 aromatic heterocycles. The van der Waals surface area contributed by atoms with Crippen molar-refractivity contribution in [2.75, 3.05) is 25.1 Å². The molecular formula is C23H28N2O2. The summed E-state index contributed by atoms with van der Waals surface area (Å²) in [4.78, 5) is 17.6. The van der Waals surface area contributed by atoms with Crippen LogP contribution in [0, 0.1) is 0 Å². The van der Waals surface area contributed by atoms with Crippen molar-refractivity contribution in [1.82, 2.24) is 4.90 Å². The van der Waals surface area contributed by atoms with E-state index in [-0.39, 0.29) is 11.9 Å². The second-order valence-corrected chi connectivity index (χ2v) is 7.69. The summed E-state index contributed by atoms with van der Waals surface area (Å²) < 4.78 is 5.39. The normalized spacial score (nSPS) is 22.5. The number of ether oxygens (including phenoxy) is 1. The van der Waals surface area contributed by atoms with E-state index in [9.17, 15) is 4.79 Å². The maximum absolute atomic E-state index is 13.3. The summed E-state index contributed by atoms with van der Waals surface area (Å²) in [6, 6.07) is 17.1. The average Bonchev–Trinajstić information content (AvgIpc) is 3.15. The maximum atomic E-state index is 13.3. The topological polar surface area (TPSA) is 32.8 Å². The molecule has 0 bridgehead atoms. The van der Waals surface area contributed by atoms with Gasteiger partial charge < -0.3 is 9.64 Å². The molecule has 4 nitrogen and oxygen atoms in total. The molecule has 2 aliphatic heterocycles. The van der Waals surface area contributed by atoms with Crippen molar-refractivity contribution in [3.05, 3.63) is 59.7 Å². The van der Waals surface area contributed by atoms with Gasteiger partial charge in [0.1, 0.15) is 5.75 Å². The zero-order valence-electron chi connectivity index (χ0n) is 16.2. The number of nitrogens with zero attached hydrogens (tertiary/aromatic N) is 2. The van der Waals surface area contributed by atoms with E-state index >= 15 is 0 Å². The number of hydrogen-bond acceptors (Lipinski definition) is 3. The van der Waals surface area contributed by atoms with Crippen LogP contribution in [0.25, 0.3) is 0 Å². The molecule has 1 amide bonds. The second-order valence-electron chi connectivity index (χ2n) is 7.69. The SMILES string of the molecule is COc1cccc(C2CCCN2CC(=O)N2c3ccccc3CCC2C)c1. The van der Waals surface area contributed by atoms with Gasteiger partial charge in [-0.1, -0.05) is 30.3 Å². The molecule has 1 saturated heterocycles. The van der Waals surface area contributed by atoms with Crippen molar-refractivity contribution in [3.63, 3.8) is 0 Å². The van der Waals surface area contributed by atoms with Crippen LogP contribution in [0.3, 0.4) is 0 Å². The number of likely N-dealkylation sites (tertiary alicyclic amines) is 1. The van der Waals surface area contributed by atoms with Crippen LogP contribution in [-0.4, -0.2) is 37.0 Å². The van der Waals surface area contributed by atoms with Gasteiger partial charge in [-0.25, -0.2) is 0 Å². The highest BCUT2D eigenvalue weighted by Crippen LogP contribution is 2.35. The van der Waals surface area contributed by atoms with Gasteiger partial charge in [-0.15, -0.1) is 0 Å². The van der Waals surface area contributed by atoms with Gasteiger partial charge in [-0.3, -0.25) is 9.69 Å². The van der Waals surface area contributed by atoms with Gasteiger partial charge in [0.15, 0.2) is 0 Å². The average molecular weight is 364 g/mol. The Hall–Kier alpha value is -2.33. The molecule has 0 spiro atoms. The minimum Gasteiger partial charge on any atom is -0.497 e. The van der Waals surface area contributed by atoms with Gasteiger partial charge in [0.2, 0.25) is 5.91 Å². The number of carbonyl (C=O) groups is 1. The number of hydrogen-bond donors (Lipinski definition) is 0. The van der Waals surface area contributed by atoms with Crippen LogP contribution in [0.2, 0.25) is 0 Å². The summed E-state index contributed by atoms with van der Waals surface area (Å²) in [5.74, 6) is 1.09. The Labute approximate surface area is 161 Å². The standard InChI is InChI=1S/C23H28N2O2/c1-17-12-13-18-7-3-4-10-22(18)25(17)23(26)16-24-14-6-11-21(24)19-8-5-9-20(15-19)27-2/h3-5,7-10,15,17,21H,6,11-14,16H2,1-2H3. The van der Waals surface area contributed by atoms with Crippen molar-refractivity contribution >= 4 is 11.6 Å². The van der Waals surface area contributed by atoms with Crippen LogP contribution in [0.1, 0.15) is 43.4 Å². The van der Waals surface area contributed by atoms with E-state index < -0.39 is 0 Å². The fourth-order valence-corrected chi connectivity index (χ4v) is 4.56. The van der Waals surface area contributed by atoms with E-state index in [0.29, 0.717) is 12.6 Å². The Morgan fingerprint density at radius 1 is 1.15 bits per heavy atom. The molecule has 2 aromatic carbocycles. The summed E-state index contributed by atoms with van der Waals surface area (Å²) in [6.45, 7) is 3.61. The van der Waals surface area contributed by atoms with Crippen LogP contribution >= 0.6 is 0 Å². The molecule has 0 saturated carbocycles. The van der Waals surface area contributed by atoms with Gasteiger partial charge in [-0.05, 0) is 68.5 Å². The molecular weight excluding hydrogens is 336 g/mol. The van der Waals surface area contributed by atoms with E-state index in [2.05, 4.69) is 42.2 Å². The third-order valence-corrected chi connectivity index (χ3v) is 5.97. The minimum absolute atomic E-state index is 0.212. The first kappa shape index (κ1) is 18.1. The fraction of sp³-hybridized carbons (Fsp3) is 0.435. The van der Waals surface area contributed by atoms with Crippen LogP contribution in [-0.2, 0) is 11.2 Å². The summed E-state index contributed by atoms with van der Waals surface area (Å²) >= 11 is 0. The highest BCUT2D eigenvalue weighted by Gasteiger charge is 2.33. The highest BCUT2D eigenvalue weighted by molar-refractivity contribution is 5.96. The first-order valence-corrected chi connectivity index (χ1v) is 9.95. The first-order valence-electron chi connectivity index (χ1n) is 9.95. The molecule has 0 N–H and O–H groups in total. The molecule has 2 aromatic rings. The molecule has 0 radical (unpaired) electrons. The monoisotopic (exact) mass is 364 g/mol.